The van der Waals surface area contributed by atoms with Crippen molar-refractivity contribution in [2.45, 2.75) is 6.42 Å². The van der Waals surface area contributed by atoms with Gasteiger partial charge in [0.2, 0.25) is 0 Å². The molecule has 106 valence electrons. The number of aromatic hydroxyl groups is 1. The predicted molar refractivity (Wildman–Crippen MR) is 78.5 cm³/mol. The number of halogens is 1. The fraction of sp³-hybridized carbons (Fsp3) is 0.286. The van der Waals surface area contributed by atoms with E-state index in [9.17, 15) is 14.7 Å². The van der Waals surface area contributed by atoms with E-state index in [0.29, 0.717) is 29.7 Å². The molecule has 0 radical (unpaired) electrons. The van der Waals surface area contributed by atoms with E-state index in [-0.39, 0.29) is 11.3 Å². The number of fused-ring (bicyclic) bond motifs is 1. The molecule has 0 aliphatic carbocycles. The van der Waals surface area contributed by atoms with E-state index in [0.717, 1.165) is 0 Å². The van der Waals surface area contributed by atoms with Crippen LogP contribution >= 0.6 is 11.6 Å². The highest BCUT2D eigenvalue weighted by atomic mass is 35.5. The van der Waals surface area contributed by atoms with Crippen LogP contribution in [-0.2, 0) is 7.05 Å². The van der Waals surface area contributed by atoms with Gasteiger partial charge in [0.25, 0.3) is 11.5 Å². The Bertz CT molecular complexity index is 709. The predicted octanol–water partition coefficient (Wildman–Crippen LogP) is 1.60. The first kappa shape index (κ1) is 14.4. The lowest BCUT2D eigenvalue weighted by Gasteiger charge is -2.11. The first-order chi connectivity index (χ1) is 9.57. The number of hydrogen-bond donors (Lipinski definition) is 2. The van der Waals surface area contributed by atoms with E-state index >= 15 is 0 Å². The van der Waals surface area contributed by atoms with E-state index in [2.05, 4.69) is 5.32 Å². The Morgan fingerprint density at radius 3 is 2.80 bits per heavy atom. The summed E-state index contributed by atoms with van der Waals surface area (Å²) < 4.78 is 1.35. The monoisotopic (exact) mass is 294 g/mol. The van der Waals surface area contributed by atoms with Crippen LogP contribution < -0.4 is 10.9 Å². The molecule has 0 spiro atoms. The van der Waals surface area contributed by atoms with Gasteiger partial charge in [-0.2, -0.15) is 0 Å². The van der Waals surface area contributed by atoms with Gasteiger partial charge in [-0.1, -0.05) is 12.1 Å². The van der Waals surface area contributed by atoms with Gasteiger partial charge in [-0.15, -0.1) is 11.6 Å². The highest BCUT2D eigenvalue weighted by molar-refractivity contribution is 6.17. The molecule has 2 aromatic rings. The van der Waals surface area contributed by atoms with Gasteiger partial charge in [0.15, 0.2) is 0 Å². The summed E-state index contributed by atoms with van der Waals surface area (Å²) in [5, 5.41) is 13.2. The van der Waals surface area contributed by atoms with Crippen LogP contribution in [0.15, 0.2) is 29.1 Å². The third kappa shape index (κ3) is 2.49. The summed E-state index contributed by atoms with van der Waals surface area (Å²) in [6, 6.07) is 6.88. The lowest BCUT2D eigenvalue weighted by atomic mass is 10.1. The van der Waals surface area contributed by atoms with Crippen molar-refractivity contribution < 1.29 is 9.90 Å². The molecule has 0 saturated heterocycles. The Balaban J connectivity index is 2.54. The smallest absolute Gasteiger partial charge is 0.267 e. The van der Waals surface area contributed by atoms with Crippen LogP contribution in [0.4, 0.5) is 0 Å². The molecule has 2 N–H and O–H groups in total. The number of nitrogens with one attached hydrogen (secondary N) is 1. The Kier molecular flexibility index (Phi) is 4.29. The third-order valence-corrected chi connectivity index (χ3v) is 3.37. The van der Waals surface area contributed by atoms with Crippen molar-refractivity contribution in [2.24, 2.45) is 7.05 Å². The number of para-hydroxylation sites is 1. The number of pyridine rings is 1. The molecule has 1 aromatic heterocycles. The lowest BCUT2D eigenvalue weighted by molar-refractivity contribution is 0.0949. The second-order valence-corrected chi connectivity index (χ2v) is 4.78. The van der Waals surface area contributed by atoms with Crippen molar-refractivity contribution in [3.63, 3.8) is 0 Å². The molecule has 0 atom stereocenters. The molecule has 0 saturated carbocycles. The first-order valence-corrected chi connectivity index (χ1v) is 6.76. The van der Waals surface area contributed by atoms with Gasteiger partial charge in [0.1, 0.15) is 11.3 Å². The Morgan fingerprint density at radius 2 is 2.10 bits per heavy atom. The number of aryl methyl sites for hydroxylation is 1. The van der Waals surface area contributed by atoms with Gasteiger partial charge in [0.05, 0.1) is 5.52 Å². The fourth-order valence-electron chi connectivity index (χ4n) is 2.04. The Labute approximate surface area is 120 Å². The second kappa shape index (κ2) is 5.96. The number of rotatable bonds is 4. The van der Waals surface area contributed by atoms with Crippen LogP contribution in [0.25, 0.3) is 10.9 Å². The summed E-state index contributed by atoms with van der Waals surface area (Å²) in [5.74, 6) is -0.451. The topological polar surface area (TPSA) is 71.3 Å². The van der Waals surface area contributed by atoms with Crippen molar-refractivity contribution >= 4 is 28.4 Å². The number of hydrogen-bond acceptors (Lipinski definition) is 3. The number of aromatic nitrogens is 1. The van der Waals surface area contributed by atoms with Crippen LogP contribution in [0, 0.1) is 0 Å². The Morgan fingerprint density at radius 1 is 1.40 bits per heavy atom. The van der Waals surface area contributed by atoms with Crippen LogP contribution in [0.5, 0.6) is 5.75 Å². The molecular formula is C14H15ClN2O3. The third-order valence-electron chi connectivity index (χ3n) is 3.10. The molecule has 1 aromatic carbocycles. The number of alkyl halides is 1. The first-order valence-electron chi connectivity index (χ1n) is 6.22. The zero-order valence-electron chi connectivity index (χ0n) is 11.0. The quantitative estimate of drug-likeness (QED) is 0.665. The summed E-state index contributed by atoms with van der Waals surface area (Å²) in [4.78, 5) is 24.2. The SMILES string of the molecule is Cn1c(=O)c(C(=O)NCCCCl)c(O)c2ccccc21. The molecule has 6 heteroatoms. The Hall–Kier alpha value is -2.01. The highest BCUT2D eigenvalue weighted by Gasteiger charge is 2.20. The average molecular weight is 295 g/mol. The van der Waals surface area contributed by atoms with Gasteiger partial charge >= 0.3 is 0 Å². The normalized spacial score (nSPS) is 10.7. The van der Waals surface area contributed by atoms with Crippen LogP contribution in [0.3, 0.4) is 0 Å². The van der Waals surface area contributed by atoms with E-state index in [1.165, 1.54) is 4.57 Å². The minimum absolute atomic E-state index is 0.235. The summed E-state index contributed by atoms with van der Waals surface area (Å²) in [6.45, 7) is 0.359. The second-order valence-electron chi connectivity index (χ2n) is 4.40. The number of nitrogens with zero attached hydrogens (tertiary/aromatic N) is 1. The summed E-state index contributed by atoms with van der Waals surface area (Å²) in [6.07, 6.45) is 0.599. The van der Waals surface area contributed by atoms with Gasteiger partial charge in [0, 0.05) is 24.9 Å². The van der Waals surface area contributed by atoms with E-state index in [1.807, 2.05) is 0 Å². The molecule has 0 aliphatic heterocycles. The van der Waals surface area contributed by atoms with Crippen molar-refractivity contribution in [3.8, 4) is 5.75 Å². The summed E-state index contributed by atoms with van der Waals surface area (Å²) in [5.41, 5.74) is -0.183. The molecule has 5 nitrogen and oxygen atoms in total. The molecule has 20 heavy (non-hydrogen) atoms. The molecule has 2 rings (SSSR count). The van der Waals surface area contributed by atoms with Crippen LogP contribution in [0.1, 0.15) is 16.8 Å². The standard InChI is InChI=1S/C14H15ClN2O3/c1-17-10-6-3-2-5-9(10)12(18)11(14(17)20)13(19)16-8-4-7-15/h2-3,5-6,18H,4,7-8H2,1H3,(H,16,19). The molecule has 0 aliphatic rings. The average Bonchev–Trinajstić information content (AvgIpc) is 2.45. The summed E-state index contributed by atoms with van der Waals surface area (Å²) in [7, 11) is 1.57. The number of amides is 1. The minimum Gasteiger partial charge on any atom is -0.506 e. The van der Waals surface area contributed by atoms with E-state index in [4.69, 9.17) is 11.6 Å². The van der Waals surface area contributed by atoms with E-state index < -0.39 is 11.5 Å². The van der Waals surface area contributed by atoms with Gasteiger partial charge in [-0.3, -0.25) is 9.59 Å². The number of carbonyl (C=O) groups excluding carboxylic acids is 1. The molecule has 0 unspecified atom stereocenters. The molecule has 1 heterocycles. The molecular weight excluding hydrogens is 280 g/mol. The summed E-state index contributed by atoms with van der Waals surface area (Å²) >= 11 is 5.53. The molecule has 0 fully saturated rings. The van der Waals surface area contributed by atoms with Crippen LogP contribution in [0.2, 0.25) is 0 Å². The van der Waals surface area contributed by atoms with Gasteiger partial charge < -0.3 is 15.0 Å². The van der Waals surface area contributed by atoms with Crippen molar-refractivity contribution in [1.82, 2.24) is 9.88 Å². The maximum Gasteiger partial charge on any atom is 0.267 e. The maximum atomic E-state index is 12.2. The van der Waals surface area contributed by atoms with Gasteiger partial charge in [-0.05, 0) is 18.6 Å². The zero-order chi connectivity index (χ0) is 14.7. The van der Waals surface area contributed by atoms with Crippen molar-refractivity contribution in [2.75, 3.05) is 12.4 Å². The lowest BCUT2D eigenvalue weighted by Crippen LogP contribution is -2.33. The zero-order valence-corrected chi connectivity index (χ0v) is 11.8. The number of carbonyl (C=O) groups is 1. The largest absolute Gasteiger partial charge is 0.506 e. The molecule has 0 bridgehead atoms. The van der Waals surface area contributed by atoms with Crippen molar-refractivity contribution in [1.29, 1.82) is 0 Å². The van der Waals surface area contributed by atoms with Crippen LogP contribution in [-0.4, -0.2) is 28.0 Å². The minimum atomic E-state index is -0.584. The van der Waals surface area contributed by atoms with E-state index in [1.54, 1.807) is 31.3 Å². The number of benzene rings is 1. The molecule has 1 amide bonds. The highest BCUT2D eigenvalue weighted by Crippen LogP contribution is 2.25. The fourth-order valence-corrected chi connectivity index (χ4v) is 2.17. The van der Waals surface area contributed by atoms with Gasteiger partial charge in [-0.25, -0.2) is 0 Å². The van der Waals surface area contributed by atoms with Crippen molar-refractivity contribution in [3.05, 3.63) is 40.2 Å². The maximum absolute atomic E-state index is 12.2.